The van der Waals surface area contributed by atoms with Crippen LogP contribution in [-0.2, 0) is 4.79 Å². The lowest BCUT2D eigenvalue weighted by Crippen LogP contribution is -2.41. The fourth-order valence-electron chi connectivity index (χ4n) is 4.35. The maximum absolute atomic E-state index is 13.2. The molecule has 2 heterocycles. The molecule has 0 aliphatic carbocycles. The van der Waals surface area contributed by atoms with Crippen molar-refractivity contribution in [1.82, 2.24) is 9.97 Å². The molecule has 0 fully saturated rings. The molecule has 0 radical (unpaired) electrons. The Kier molecular flexibility index (Phi) is 5.81. The van der Waals surface area contributed by atoms with E-state index in [1.54, 1.807) is 12.4 Å². The molecule has 0 spiro atoms. The summed E-state index contributed by atoms with van der Waals surface area (Å²) >= 11 is 0. The summed E-state index contributed by atoms with van der Waals surface area (Å²) < 4.78 is 0. The van der Waals surface area contributed by atoms with E-state index in [2.05, 4.69) is 15.3 Å². The van der Waals surface area contributed by atoms with Gasteiger partial charge in [-0.2, -0.15) is 0 Å². The fourth-order valence-corrected chi connectivity index (χ4v) is 4.35. The molecule has 1 amide bonds. The average molecular weight is 449 g/mol. The number of H-pyrrole nitrogens is 2. The predicted octanol–water partition coefficient (Wildman–Crippen LogP) is 4.62. The van der Waals surface area contributed by atoms with E-state index in [9.17, 15) is 9.59 Å². The number of carbonyl (C=O) groups is 1. The summed E-state index contributed by atoms with van der Waals surface area (Å²) in [7, 11) is 0. The Hall–Kier alpha value is -4.42. The van der Waals surface area contributed by atoms with Crippen LogP contribution in [0.25, 0.3) is 22.0 Å². The Labute approximate surface area is 196 Å². The molecule has 1 atom stereocenters. The van der Waals surface area contributed by atoms with Crippen LogP contribution in [0.5, 0.6) is 0 Å². The molecule has 34 heavy (non-hydrogen) atoms. The number of hydrogen-bond acceptors (Lipinski definition) is 3. The van der Waals surface area contributed by atoms with Crippen molar-refractivity contribution in [2.45, 2.75) is 12.0 Å². The first-order valence-corrected chi connectivity index (χ1v) is 11.1. The number of hydrogen-bond donors (Lipinski definition) is 4. The summed E-state index contributed by atoms with van der Waals surface area (Å²) in [6, 6.07) is 28.3. The molecule has 5 rings (SSSR count). The molecular formula is C28H24N4O2. The molecule has 0 aliphatic rings. The first kappa shape index (κ1) is 21.4. The average Bonchev–Trinajstić information content (AvgIpc) is 3.37. The summed E-state index contributed by atoms with van der Waals surface area (Å²) in [5, 5.41) is 3.80. The number of aromatic nitrogens is 2. The number of fused-ring (bicyclic) bond motifs is 1. The van der Waals surface area contributed by atoms with Crippen molar-refractivity contribution < 1.29 is 4.79 Å². The van der Waals surface area contributed by atoms with Crippen LogP contribution in [0.3, 0.4) is 0 Å². The highest BCUT2D eigenvalue weighted by molar-refractivity contribution is 5.97. The van der Waals surface area contributed by atoms with Crippen molar-refractivity contribution in [3.8, 4) is 11.1 Å². The maximum Gasteiger partial charge on any atom is 0.272 e. The molecule has 0 saturated heterocycles. The fraction of sp³-hybridized carbons (Fsp3) is 0.0714. The number of benzene rings is 3. The van der Waals surface area contributed by atoms with E-state index in [1.807, 2.05) is 91.0 Å². The van der Waals surface area contributed by atoms with Crippen LogP contribution in [-0.4, -0.2) is 21.9 Å². The minimum absolute atomic E-state index is 0.159. The van der Waals surface area contributed by atoms with Crippen molar-refractivity contribution >= 4 is 22.5 Å². The molecule has 0 bridgehead atoms. The van der Waals surface area contributed by atoms with Gasteiger partial charge in [0.1, 0.15) is 5.52 Å². The number of amides is 1. The zero-order valence-corrected chi connectivity index (χ0v) is 18.4. The SMILES string of the molecule is N[C@H](C(=O)Nc1ccc(-c2c[nH]c(=O)c3[nH]ccc23)cc1)C(c1ccccc1)c1ccccc1. The van der Waals surface area contributed by atoms with Gasteiger partial charge in [0.2, 0.25) is 5.91 Å². The van der Waals surface area contributed by atoms with Crippen LogP contribution < -0.4 is 16.6 Å². The molecule has 2 aromatic heterocycles. The largest absolute Gasteiger partial charge is 0.357 e. The molecule has 0 saturated carbocycles. The van der Waals surface area contributed by atoms with Crippen molar-refractivity contribution in [2.75, 3.05) is 5.32 Å². The lowest BCUT2D eigenvalue weighted by Gasteiger charge is -2.24. The van der Waals surface area contributed by atoms with Gasteiger partial charge in [0.25, 0.3) is 5.56 Å². The van der Waals surface area contributed by atoms with E-state index < -0.39 is 6.04 Å². The van der Waals surface area contributed by atoms with Crippen LogP contribution in [0.4, 0.5) is 5.69 Å². The molecule has 3 aromatic carbocycles. The van der Waals surface area contributed by atoms with E-state index in [0.717, 1.165) is 27.6 Å². The third kappa shape index (κ3) is 4.14. The third-order valence-corrected chi connectivity index (χ3v) is 6.05. The standard InChI is InChI=1S/C28H24N4O2/c29-25(24(19-7-3-1-4-8-19)20-9-5-2-6-10-20)27(33)32-21-13-11-18(12-14-21)23-17-31-28(34)26-22(23)15-16-30-26/h1-17,24-25,30H,29H2,(H,31,34)(H,32,33)/t25-/m0/s1. The van der Waals surface area contributed by atoms with Crippen LogP contribution in [0.15, 0.2) is 108 Å². The topological polar surface area (TPSA) is 104 Å². The second-order valence-corrected chi connectivity index (χ2v) is 8.19. The Morgan fingerprint density at radius 1 is 0.794 bits per heavy atom. The van der Waals surface area contributed by atoms with Crippen molar-refractivity contribution in [1.29, 1.82) is 0 Å². The van der Waals surface area contributed by atoms with Gasteiger partial charge in [0.15, 0.2) is 0 Å². The van der Waals surface area contributed by atoms with Crippen LogP contribution in [0, 0.1) is 0 Å². The summed E-state index contributed by atoms with van der Waals surface area (Å²) in [5.74, 6) is -0.535. The van der Waals surface area contributed by atoms with E-state index in [1.165, 1.54) is 0 Å². The minimum Gasteiger partial charge on any atom is -0.357 e. The van der Waals surface area contributed by atoms with Crippen molar-refractivity contribution in [3.63, 3.8) is 0 Å². The van der Waals surface area contributed by atoms with Gasteiger partial charge < -0.3 is 21.0 Å². The molecule has 5 N–H and O–H groups in total. The van der Waals surface area contributed by atoms with Gasteiger partial charge >= 0.3 is 0 Å². The van der Waals surface area contributed by atoms with Gasteiger partial charge in [-0.25, -0.2) is 0 Å². The quantitative estimate of drug-likeness (QED) is 0.305. The van der Waals surface area contributed by atoms with Gasteiger partial charge in [-0.3, -0.25) is 9.59 Å². The van der Waals surface area contributed by atoms with Gasteiger partial charge in [0.05, 0.1) is 6.04 Å². The number of pyridine rings is 1. The molecule has 168 valence electrons. The maximum atomic E-state index is 13.2. The lowest BCUT2D eigenvalue weighted by molar-refractivity contribution is -0.117. The van der Waals surface area contributed by atoms with Crippen LogP contribution in [0.1, 0.15) is 17.0 Å². The second-order valence-electron chi connectivity index (χ2n) is 8.19. The Bertz CT molecular complexity index is 1430. The first-order valence-electron chi connectivity index (χ1n) is 11.1. The Morgan fingerprint density at radius 3 is 2.03 bits per heavy atom. The minimum atomic E-state index is -0.775. The highest BCUT2D eigenvalue weighted by Crippen LogP contribution is 2.29. The van der Waals surface area contributed by atoms with Crippen LogP contribution in [0.2, 0.25) is 0 Å². The number of carbonyl (C=O) groups excluding carboxylic acids is 1. The Morgan fingerprint density at radius 2 is 1.41 bits per heavy atom. The second kappa shape index (κ2) is 9.21. The van der Waals surface area contributed by atoms with Gasteiger partial charge in [-0.1, -0.05) is 72.8 Å². The normalized spacial score (nSPS) is 12.1. The van der Waals surface area contributed by atoms with Crippen molar-refractivity contribution in [2.24, 2.45) is 5.73 Å². The first-order chi connectivity index (χ1) is 16.6. The predicted molar refractivity (Wildman–Crippen MR) is 136 cm³/mol. The molecular weight excluding hydrogens is 424 g/mol. The zero-order chi connectivity index (χ0) is 23.5. The smallest absolute Gasteiger partial charge is 0.272 e. The monoisotopic (exact) mass is 448 g/mol. The highest BCUT2D eigenvalue weighted by atomic mass is 16.2. The number of anilines is 1. The summed E-state index contributed by atoms with van der Waals surface area (Å²) in [5.41, 5.74) is 11.3. The number of nitrogens with one attached hydrogen (secondary N) is 3. The molecule has 5 aromatic rings. The van der Waals surface area contributed by atoms with E-state index >= 15 is 0 Å². The molecule has 0 aliphatic heterocycles. The Balaban J connectivity index is 1.38. The third-order valence-electron chi connectivity index (χ3n) is 6.05. The lowest BCUT2D eigenvalue weighted by atomic mass is 9.85. The summed E-state index contributed by atoms with van der Waals surface area (Å²) in [6.45, 7) is 0. The number of nitrogens with two attached hydrogens (primary N) is 1. The van der Waals surface area contributed by atoms with Crippen LogP contribution >= 0.6 is 0 Å². The number of aromatic amines is 2. The van der Waals surface area contributed by atoms with E-state index in [4.69, 9.17) is 5.73 Å². The van der Waals surface area contributed by atoms with E-state index in [-0.39, 0.29) is 17.4 Å². The highest BCUT2D eigenvalue weighted by Gasteiger charge is 2.27. The number of rotatable bonds is 6. The zero-order valence-electron chi connectivity index (χ0n) is 18.4. The molecule has 0 unspecified atom stereocenters. The molecule has 6 heteroatoms. The van der Waals surface area contributed by atoms with Crippen molar-refractivity contribution in [3.05, 3.63) is 125 Å². The van der Waals surface area contributed by atoms with Gasteiger partial charge in [-0.05, 0) is 34.9 Å². The van der Waals surface area contributed by atoms with E-state index in [0.29, 0.717) is 11.2 Å². The summed E-state index contributed by atoms with van der Waals surface area (Å²) in [6.07, 6.45) is 3.45. The van der Waals surface area contributed by atoms with Gasteiger partial charge in [-0.15, -0.1) is 0 Å². The van der Waals surface area contributed by atoms with Gasteiger partial charge in [0, 0.05) is 34.9 Å². The molecule has 6 nitrogen and oxygen atoms in total. The summed E-state index contributed by atoms with van der Waals surface area (Å²) in [4.78, 5) is 30.9.